The fourth-order valence-electron chi connectivity index (χ4n) is 1.81. The summed E-state index contributed by atoms with van der Waals surface area (Å²) in [5.41, 5.74) is 0.574. The van der Waals surface area contributed by atoms with Crippen molar-refractivity contribution in [3.05, 3.63) is 59.7 Å². The van der Waals surface area contributed by atoms with Gasteiger partial charge in [0.05, 0.1) is 4.90 Å². The first kappa shape index (κ1) is 16.9. The maximum absolute atomic E-state index is 13.2. The number of halogens is 2. The van der Waals surface area contributed by atoms with Gasteiger partial charge in [0.2, 0.25) is 0 Å². The molecular weight excluding hydrogens is 326 g/mol. The molecule has 5 nitrogen and oxygen atoms in total. The van der Waals surface area contributed by atoms with Crippen molar-refractivity contribution in [2.45, 2.75) is 11.8 Å². The Morgan fingerprint density at radius 1 is 1.04 bits per heavy atom. The number of benzene rings is 2. The molecule has 2 N–H and O–H groups in total. The van der Waals surface area contributed by atoms with Crippen molar-refractivity contribution in [1.82, 2.24) is 5.32 Å². The van der Waals surface area contributed by atoms with Crippen molar-refractivity contribution < 1.29 is 22.0 Å². The molecule has 0 aromatic heterocycles. The largest absolute Gasteiger partial charge is 0.352 e. The molecule has 0 aliphatic heterocycles. The molecule has 0 aliphatic rings. The first-order valence-corrected chi connectivity index (χ1v) is 8.18. The van der Waals surface area contributed by atoms with E-state index in [1.165, 1.54) is 24.3 Å². The van der Waals surface area contributed by atoms with Crippen molar-refractivity contribution in [3.8, 4) is 0 Å². The highest BCUT2D eigenvalue weighted by molar-refractivity contribution is 7.92. The van der Waals surface area contributed by atoms with E-state index in [-0.39, 0.29) is 11.6 Å². The van der Waals surface area contributed by atoms with Gasteiger partial charge in [-0.1, -0.05) is 0 Å². The normalized spacial score (nSPS) is 11.1. The van der Waals surface area contributed by atoms with Crippen molar-refractivity contribution in [1.29, 1.82) is 0 Å². The third-order valence-electron chi connectivity index (χ3n) is 2.94. The van der Waals surface area contributed by atoms with Gasteiger partial charge in [-0.3, -0.25) is 9.52 Å². The van der Waals surface area contributed by atoms with Crippen LogP contribution in [0.5, 0.6) is 0 Å². The number of amides is 1. The quantitative estimate of drug-likeness (QED) is 0.878. The van der Waals surface area contributed by atoms with Crippen molar-refractivity contribution in [2.75, 3.05) is 11.3 Å². The Morgan fingerprint density at radius 3 is 2.26 bits per heavy atom. The Hall–Kier alpha value is -2.48. The van der Waals surface area contributed by atoms with Gasteiger partial charge in [0, 0.05) is 17.8 Å². The number of hydrogen-bond acceptors (Lipinski definition) is 3. The van der Waals surface area contributed by atoms with Crippen LogP contribution in [-0.2, 0) is 10.0 Å². The Kier molecular flexibility index (Phi) is 4.95. The summed E-state index contributed by atoms with van der Waals surface area (Å²) in [6.07, 6.45) is 0. The number of sulfonamides is 1. The fourth-order valence-corrected chi connectivity index (χ4v) is 2.88. The van der Waals surface area contributed by atoms with Crippen LogP contribution in [0.15, 0.2) is 47.4 Å². The van der Waals surface area contributed by atoms with Crippen LogP contribution in [0, 0.1) is 11.6 Å². The molecule has 23 heavy (non-hydrogen) atoms. The predicted molar refractivity (Wildman–Crippen MR) is 81.6 cm³/mol. The molecule has 0 radical (unpaired) electrons. The maximum atomic E-state index is 13.2. The molecule has 0 heterocycles. The van der Waals surface area contributed by atoms with Crippen LogP contribution in [0.1, 0.15) is 17.3 Å². The summed E-state index contributed by atoms with van der Waals surface area (Å²) in [6, 6.07) is 8.01. The number of hydrogen-bond donors (Lipinski definition) is 2. The highest BCUT2D eigenvalue weighted by atomic mass is 32.2. The second-order valence-corrected chi connectivity index (χ2v) is 6.30. The van der Waals surface area contributed by atoms with Gasteiger partial charge in [-0.25, -0.2) is 17.2 Å². The highest BCUT2D eigenvalue weighted by Gasteiger charge is 2.17. The van der Waals surface area contributed by atoms with E-state index >= 15 is 0 Å². The predicted octanol–water partition coefficient (Wildman–Crippen LogP) is 2.52. The molecule has 0 bridgehead atoms. The van der Waals surface area contributed by atoms with Crippen molar-refractivity contribution >= 4 is 21.6 Å². The molecule has 8 heteroatoms. The van der Waals surface area contributed by atoms with E-state index in [1.54, 1.807) is 6.92 Å². The maximum Gasteiger partial charge on any atom is 0.261 e. The average Bonchev–Trinajstić information content (AvgIpc) is 2.50. The Bertz CT molecular complexity index is 821. The topological polar surface area (TPSA) is 75.3 Å². The SMILES string of the molecule is CCNC(=O)c1ccc(NS(=O)(=O)c2ccc(F)c(F)c2)cc1. The lowest BCUT2D eigenvalue weighted by molar-refractivity contribution is 0.0956. The van der Waals surface area contributed by atoms with Gasteiger partial charge in [0.15, 0.2) is 11.6 Å². The minimum atomic E-state index is -4.05. The molecule has 2 rings (SSSR count). The lowest BCUT2D eigenvalue weighted by Gasteiger charge is -2.09. The van der Waals surface area contributed by atoms with Crippen LogP contribution in [-0.4, -0.2) is 20.9 Å². The first-order chi connectivity index (χ1) is 10.8. The molecule has 0 unspecified atom stereocenters. The number of carbonyl (C=O) groups excluding carboxylic acids is 1. The molecule has 2 aromatic rings. The molecule has 0 saturated heterocycles. The molecule has 0 spiro atoms. The minimum absolute atomic E-state index is 0.197. The smallest absolute Gasteiger partial charge is 0.261 e. The molecule has 122 valence electrons. The van der Waals surface area contributed by atoms with E-state index in [0.29, 0.717) is 18.2 Å². The second-order valence-electron chi connectivity index (χ2n) is 4.62. The zero-order chi connectivity index (χ0) is 17.0. The van der Waals surface area contributed by atoms with Gasteiger partial charge in [0.1, 0.15) is 0 Å². The third kappa shape index (κ3) is 4.04. The molecule has 0 saturated carbocycles. The first-order valence-electron chi connectivity index (χ1n) is 6.69. The molecule has 0 fully saturated rings. The van der Waals surface area contributed by atoms with Crippen LogP contribution in [0.25, 0.3) is 0 Å². The molecule has 0 atom stereocenters. The van der Waals surface area contributed by atoms with E-state index in [9.17, 15) is 22.0 Å². The molecule has 0 aliphatic carbocycles. The van der Waals surface area contributed by atoms with Gasteiger partial charge in [-0.2, -0.15) is 0 Å². The summed E-state index contributed by atoms with van der Waals surface area (Å²) in [7, 11) is -4.05. The van der Waals surface area contributed by atoms with E-state index in [1.807, 2.05) is 0 Å². The summed E-state index contributed by atoms with van der Waals surface area (Å²) < 4.78 is 52.5. The van der Waals surface area contributed by atoms with Crippen LogP contribution >= 0.6 is 0 Å². The number of carbonyl (C=O) groups is 1. The Balaban J connectivity index is 2.20. The van der Waals surface area contributed by atoms with Gasteiger partial charge >= 0.3 is 0 Å². The van der Waals surface area contributed by atoms with Gasteiger partial charge in [0.25, 0.3) is 15.9 Å². The van der Waals surface area contributed by atoms with Crippen LogP contribution in [0.3, 0.4) is 0 Å². The summed E-state index contributed by atoms with van der Waals surface area (Å²) in [4.78, 5) is 11.2. The standard InChI is InChI=1S/C15H14F2N2O3S/c1-2-18-15(20)10-3-5-11(6-4-10)19-23(21,22)12-7-8-13(16)14(17)9-12/h3-9,19H,2H2,1H3,(H,18,20). The van der Waals surface area contributed by atoms with E-state index < -0.39 is 26.6 Å². The molecule has 1 amide bonds. The van der Waals surface area contributed by atoms with E-state index in [4.69, 9.17) is 0 Å². The molecular formula is C15H14F2N2O3S. The van der Waals surface area contributed by atoms with Crippen molar-refractivity contribution in [3.63, 3.8) is 0 Å². The summed E-state index contributed by atoms with van der Waals surface area (Å²) >= 11 is 0. The van der Waals surface area contributed by atoms with E-state index in [2.05, 4.69) is 10.0 Å². The van der Waals surface area contributed by atoms with Gasteiger partial charge in [-0.05, 0) is 49.4 Å². The zero-order valence-corrected chi connectivity index (χ0v) is 13.0. The zero-order valence-electron chi connectivity index (χ0n) is 12.1. The minimum Gasteiger partial charge on any atom is -0.352 e. The summed E-state index contributed by atoms with van der Waals surface area (Å²) in [5.74, 6) is -2.66. The summed E-state index contributed by atoms with van der Waals surface area (Å²) in [5, 5.41) is 2.61. The van der Waals surface area contributed by atoms with Gasteiger partial charge in [-0.15, -0.1) is 0 Å². The van der Waals surface area contributed by atoms with E-state index in [0.717, 1.165) is 12.1 Å². The highest BCUT2D eigenvalue weighted by Crippen LogP contribution is 2.18. The second kappa shape index (κ2) is 6.74. The third-order valence-corrected chi connectivity index (χ3v) is 4.32. The monoisotopic (exact) mass is 340 g/mol. The van der Waals surface area contributed by atoms with Gasteiger partial charge < -0.3 is 5.32 Å². The lowest BCUT2D eigenvalue weighted by Crippen LogP contribution is -2.22. The number of anilines is 1. The number of rotatable bonds is 5. The van der Waals surface area contributed by atoms with Crippen LogP contribution < -0.4 is 10.0 Å². The summed E-state index contributed by atoms with van der Waals surface area (Å²) in [6.45, 7) is 2.26. The van der Waals surface area contributed by atoms with Crippen LogP contribution in [0.2, 0.25) is 0 Å². The average molecular weight is 340 g/mol. The molecule has 2 aromatic carbocycles. The lowest BCUT2D eigenvalue weighted by atomic mass is 10.2. The number of nitrogens with one attached hydrogen (secondary N) is 2. The Labute approximate surface area is 132 Å². The Morgan fingerprint density at radius 2 is 1.70 bits per heavy atom. The van der Waals surface area contributed by atoms with Crippen molar-refractivity contribution in [2.24, 2.45) is 0 Å². The fraction of sp³-hybridized carbons (Fsp3) is 0.133. The van der Waals surface area contributed by atoms with Crippen LogP contribution in [0.4, 0.5) is 14.5 Å².